The van der Waals surface area contributed by atoms with Crippen molar-refractivity contribution < 1.29 is 9.84 Å². The quantitative estimate of drug-likeness (QED) is 0.831. The molecule has 5 unspecified atom stereocenters. The molecule has 3 aliphatic carbocycles. The first-order valence-electron chi connectivity index (χ1n) is 8.03. The predicted molar refractivity (Wildman–Crippen MR) is 70.2 cm³/mol. The summed E-state index contributed by atoms with van der Waals surface area (Å²) in [5, 5.41) is 10.0. The molecule has 0 radical (unpaired) electrons. The van der Waals surface area contributed by atoms with Gasteiger partial charge < -0.3 is 9.84 Å². The van der Waals surface area contributed by atoms with E-state index in [0.717, 1.165) is 36.7 Å². The molecule has 18 heavy (non-hydrogen) atoms. The number of hydrogen-bond donors (Lipinski definition) is 1. The van der Waals surface area contributed by atoms with Gasteiger partial charge in [0.05, 0.1) is 12.7 Å². The molecule has 2 bridgehead atoms. The van der Waals surface area contributed by atoms with E-state index < -0.39 is 0 Å². The predicted octanol–water partition coefficient (Wildman–Crippen LogP) is 2.99. The van der Waals surface area contributed by atoms with Crippen LogP contribution in [-0.4, -0.2) is 24.4 Å². The fourth-order valence-corrected chi connectivity index (χ4v) is 5.34. The van der Waals surface area contributed by atoms with Crippen molar-refractivity contribution in [3.63, 3.8) is 0 Å². The number of aliphatic hydroxyl groups excluding tert-OH is 1. The molecule has 4 rings (SSSR count). The van der Waals surface area contributed by atoms with E-state index in [0.29, 0.717) is 12.7 Å². The fourth-order valence-electron chi connectivity index (χ4n) is 5.34. The molecule has 1 saturated heterocycles. The molecule has 0 amide bonds. The lowest BCUT2D eigenvalue weighted by atomic mass is 9.69. The minimum absolute atomic E-state index is 0.135. The second kappa shape index (κ2) is 4.21. The maximum Gasteiger partial charge on any atom is 0.0682 e. The maximum absolute atomic E-state index is 10.0. The number of ether oxygens (including phenoxy) is 1. The van der Waals surface area contributed by atoms with E-state index in [1.165, 1.54) is 44.9 Å². The molecular weight excluding hydrogens is 224 g/mol. The van der Waals surface area contributed by atoms with Crippen LogP contribution in [0.3, 0.4) is 0 Å². The molecule has 2 nitrogen and oxygen atoms in total. The number of rotatable bonds is 4. The van der Waals surface area contributed by atoms with Crippen molar-refractivity contribution in [3.8, 4) is 0 Å². The molecule has 2 heteroatoms. The fraction of sp³-hybridized carbons (Fsp3) is 1.00. The first-order valence-corrected chi connectivity index (χ1v) is 8.03. The van der Waals surface area contributed by atoms with Crippen molar-refractivity contribution in [2.45, 2.75) is 57.5 Å². The first-order chi connectivity index (χ1) is 8.81. The third-order valence-electron chi connectivity index (χ3n) is 6.42. The van der Waals surface area contributed by atoms with Crippen LogP contribution in [0.1, 0.15) is 51.4 Å². The highest BCUT2D eigenvalue weighted by Crippen LogP contribution is 2.56. The lowest BCUT2D eigenvalue weighted by molar-refractivity contribution is -0.0174. The van der Waals surface area contributed by atoms with Gasteiger partial charge in [-0.1, -0.05) is 6.42 Å². The second-order valence-electron chi connectivity index (χ2n) is 7.54. The van der Waals surface area contributed by atoms with Crippen molar-refractivity contribution in [1.82, 2.24) is 0 Å². The smallest absolute Gasteiger partial charge is 0.0682 e. The molecule has 3 saturated carbocycles. The van der Waals surface area contributed by atoms with Crippen LogP contribution in [0.15, 0.2) is 0 Å². The Hall–Kier alpha value is -0.0800. The zero-order chi connectivity index (χ0) is 12.2. The Kier molecular flexibility index (Phi) is 2.74. The van der Waals surface area contributed by atoms with E-state index in [2.05, 4.69) is 0 Å². The molecular formula is C16H26O2. The van der Waals surface area contributed by atoms with Crippen LogP contribution in [0.25, 0.3) is 0 Å². The van der Waals surface area contributed by atoms with E-state index in [1.807, 2.05) is 0 Å². The molecule has 5 atom stereocenters. The second-order valence-corrected chi connectivity index (χ2v) is 7.54. The van der Waals surface area contributed by atoms with Crippen LogP contribution in [0.5, 0.6) is 0 Å². The summed E-state index contributed by atoms with van der Waals surface area (Å²) in [6.07, 6.45) is 11.3. The molecule has 1 aliphatic heterocycles. The molecule has 0 aromatic rings. The number of fused-ring (bicyclic) bond motifs is 2. The van der Waals surface area contributed by atoms with E-state index in [-0.39, 0.29) is 5.41 Å². The molecule has 4 aliphatic rings. The van der Waals surface area contributed by atoms with Crippen molar-refractivity contribution in [2.24, 2.45) is 29.1 Å². The molecule has 0 aromatic carbocycles. The van der Waals surface area contributed by atoms with Gasteiger partial charge in [0, 0.05) is 12.0 Å². The maximum atomic E-state index is 10.0. The van der Waals surface area contributed by atoms with E-state index in [1.54, 1.807) is 0 Å². The average Bonchev–Trinajstić information content (AvgIpc) is 2.85. The van der Waals surface area contributed by atoms with Gasteiger partial charge in [-0.2, -0.15) is 0 Å². The number of aliphatic hydroxyl groups is 1. The zero-order valence-electron chi connectivity index (χ0n) is 11.3. The Balaban J connectivity index is 1.50. The highest BCUT2D eigenvalue weighted by molar-refractivity contribution is 5.02. The summed E-state index contributed by atoms with van der Waals surface area (Å²) < 4.78 is 6.01. The Morgan fingerprint density at radius 2 is 1.89 bits per heavy atom. The summed E-state index contributed by atoms with van der Waals surface area (Å²) in [6.45, 7) is 1.25. The lowest BCUT2D eigenvalue weighted by Crippen LogP contribution is -2.39. The minimum atomic E-state index is 0.135. The summed E-state index contributed by atoms with van der Waals surface area (Å²) in [4.78, 5) is 0. The van der Waals surface area contributed by atoms with Gasteiger partial charge >= 0.3 is 0 Å². The summed E-state index contributed by atoms with van der Waals surface area (Å²) >= 11 is 0. The van der Waals surface area contributed by atoms with Crippen LogP contribution in [0, 0.1) is 29.1 Å². The topological polar surface area (TPSA) is 29.5 Å². The standard InChI is InChI=1S/C16H26O2/c17-10-16(5-6-18-15(16)12-3-4-12)9-14-8-11-1-2-13(14)7-11/h11-15,17H,1-10H2. The monoisotopic (exact) mass is 250 g/mol. The van der Waals surface area contributed by atoms with Gasteiger partial charge in [0.25, 0.3) is 0 Å². The molecule has 4 fully saturated rings. The Morgan fingerprint density at radius 1 is 1.06 bits per heavy atom. The largest absolute Gasteiger partial charge is 0.396 e. The number of hydrogen-bond acceptors (Lipinski definition) is 2. The minimum Gasteiger partial charge on any atom is -0.396 e. The summed E-state index contributed by atoms with van der Waals surface area (Å²) in [7, 11) is 0. The summed E-state index contributed by atoms with van der Waals surface area (Å²) in [5.74, 6) is 3.69. The SMILES string of the molecule is OCC1(CC2CC3CCC2C3)CCOC1C1CC1. The zero-order valence-corrected chi connectivity index (χ0v) is 11.3. The molecule has 0 aromatic heterocycles. The van der Waals surface area contributed by atoms with Gasteiger partial charge in [-0.3, -0.25) is 0 Å². The molecule has 0 spiro atoms. The van der Waals surface area contributed by atoms with Crippen LogP contribution >= 0.6 is 0 Å². The molecule has 1 N–H and O–H groups in total. The van der Waals surface area contributed by atoms with Crippen LogP contribution in [0.2, 0.25) is 0 Å². The van der Waals surface area contributed by atoms with Crippen LogP contribution in [-0.2, 0) is 4.74 Å². The van der Waals surface area contributed by atoms with Crippen LogP contribution < -0.4 is 0 Å². The molecule has 102 valence electrons. The van der Waals surface area contributed by atoms with Gasteiger partial charge in [-0.25, -0.2) is 0 Å². The van der Waals surface area contributed by atoms with Gasteiger partial charge in [-0.05, 0) is 68.6 Å². The van der Waals surface area contributed by atoms with Crippen molar-refractivity contribution in [3.05, 3.63) is 0 Å². The Bertz CT molecular complexity index is 325. The van der Waals surface area contributed by atoms with Gasteiger partial charge in [-0.15, -0.1) is 0 Å². The summed E-state index contributed by atoms with van der Waals surface area (Å²) in [5.41, 5.74) is 0.135. The van der Waals surface area contributed by atoms with Gasteiger partial charge in [0.1, 0.15) is 0 Å². The lowest BCUT2D eigenvalue weighted by Gasteiger charge is -2.37. The first kappa shape index (κ1) is 11.7. The molecule has 1 heterocycles. The average molecular weight is 250 g/mol. The Morgan fingerprint density at radius 3 is 2.50 bits per heavy atom. The van der Waals surface area contributed by atoms with Crippen molar-refractivity contribution in [1.29, 1.82) is 0 Å². The van der Waals surface area contributed by atoms with Crippen molar-refractivity contribution >= 4 is 0 Å². The van der Waals surface area contributed by atoms with Gasteiger partial charge in [0.15, 0.2) is 0 Å². The van der Waals surface area contributed by atoms with Crippen LogP contribution in [0.4, 0.5) is 0 Å². The summed E-state index contributed by atoms with van der Waals surface area (Å²) in [6, 6.07) is 0. The third-order valence-corrected chi connectivity index (χ3v) is 6.42. The van der Waals surface area contributed by atoms with E-state index in [9.17, 15) is 5.11 Å². The van der Waals surface area contributed by atoms with Gasteiger partial charge in [0.2, 0.25) is 0 Å². The van der Waals surface area contributed by atoms with E-state index >= 15 is 0 Å². The normalized spacial score (nSPS) is 51.2. The third kappa shape index (κ3) is 1.76. The highest BCUT2D eigenvalue weighted by Gasteiger charge is 2.53. The Labute approximate surface area is 110 Å². The highest BCUT2D eigenvalue weighted by atomic mass is 16.5. The van der Waals surface area contributed by atoms with Crippen molar-refractivity contribution in [2.75, 3.05) is 13.2 Å². The van der Waals surface area contributed by atoms with E-state index in [4.69, 9.17) is 4.74 Å².